The maximum absolute atomic E-state index is 12.1. The molecule has 3 nitrogen and oxygen atoms in total. The molecule has 0 saturated carbocycles. The van der Waals surface area contributed by atoms with Crippen molar-refractivity contribution in [1.29, 1.82) is 0 Å². The normalized spacial score (nSPS) is 33.8. The lowest BCUT2D eigenvalue weighted by atomic mass is 10.1. The van der Waals surface area contributed by atoms with Crippen LogP contribution in [0.3, 0.4) is 0 Å². The smallest absolute Gasteiger partial charge is 0.270 e. The van der Waals surface area contributed by atoms with Gasteiger partial charge in [-0.1, -0.05) is 0 Å². The standard InChI is InChI=1S/C6H11F2NO2/c7-5(8)6(10)3-9-1-2-11-4-6/h5,9-10H,1-4H2/t6-/m0/s1. The molecule has 0 radical (unpaired) electrons. The molecule has 0 amide bonds. The molecular weight excluding hydrogens is 156 g/mol. The zero-order valence-corrected chi connectivity index (χ0v) is 6.02. The third kappa shape index (κ3) is 2.08. The van der Waals surface area contributed by atoms with Crippen molar-refractivity contribution < 1.29 is 18.6 Å². The summed E-state index contributed by atoms with van der Waals surface area (Å²) in [6.45, 7) is 0.479. The van der Waals surface area contributed by atoms with Crippen LogP contribution in [0, 0.1) is 0 Å². The van der Waals surface area contributed by atoms with Gasteiger partial charge < -0.3 is 15.2 Å². The van der Waals surface area contributed by atoms with Crippen LogP contribution in [0.15, 0.2) is 0 Å². The van der Waals surface area contributed by atoms with Gasteiger partial charge in [0.05, 0.1) is 13.2 Å². The van der Waals surface area contributed by atoms with Gasteiger partial charge in [-0.3, -0.25) is 0 Å². The maximum Gasteiger partial charge on any atom is 0.270 e. The number of alkyl halides is 2. The molecule has 0 aromatic heterocycles. The Morgan fingerprint density at radius 1 is 1.55 bits per heavy atom. The van der Waals surface area contributed by atoms with E-state index >= 15 is 0 Å². The molecule has 0 unspecified atom stereocenters. The van der Waals surface area contributed by atoms with Crippen LogP contribution in [-0.4, -0.2) is 43.4 Å². The molecule has 0 aromatic rings. The second-order valence-corrected chi connectivity index (χ2v) is 2.63. The molecule has 0 bridgehead atoms. The van der Waals surface area contributed by atoms with Crippen LogP contribution in [0.2, 0.25) is 0 Å². The summed E-state index contributed by atoms with van der Waals surface area (Å²) in [5.74, 6) is 0. The van der Waals surface area contributed by atoms with Gasteiger partial charge in [-0.2, -0.15) is 0 Å². The molecule has 1 rings (SSSR count). The van der Waals surface area contributed by atoms with Crippen molar-refractivity contribution in [2.24, 2.45) is 0 Å². The fourth-order valence-corrected chi connectivity index (χ4v) is 0.889. The zero-order valence-electron chi connectivity index (χ0n) is 6.02. The molecule has 11 heavy (non-hydrogen) atoms. The van der Waals surface area contributed by atoms with Gasteiger partial charge in [-0.25, -0.2) is 8.78 Å². The van der Waals surface area contributed by atoms with Gasteiger partial charge in [0.25, 0.3) is 6.43 Å². The first-order valence-electron chi connectivity index (χ1n) is 3.44. The molecule has 0 aliphatic carbocycles. The topological polar surface area (TPSA) is 41.5 Å². The highest BCUT2D eigenvalue weighted by atomic mass is 19.3. The third-order valence-corrected chi connectivity index (χ3v) is 1.61. The molecule has 66 valence electrons. The second kappa shape index (κ2) is 3.42. The SMILES string of the molecule is O[C@@]1(C(F)F)CNCCOC1. The molecule has 2 N–H and O–H groups in total. The average Bonchev–Trinajstić information content (AvgIpc) is 2.15. The fourth-order valence-electron chi connectivity index (χ4n) is 0.889. The number of nitrogens with one attached hydrogen (secondary N) is 1. The summed E-state index contributed by atoms with van der Waals surface area (Å²) in [5.41, 5.74) is -2.00. The number of aliphatic hydroxyl groups is 1. The van der Waals surface area contributed by atoms with Crippen molar-refractivity contribution in [3.05, 3.63) is 0 Å². The first kappa shape index (κ1) is 8.83. The Kier molecular flexibility index (Phi) is 2.75. The zero-order chi connectivity index (χ0) is 8.32. The Morgan fingerprint density at radius 2 is 2.27 bits per heavy atom. The van der Waals surface area contributed by atoms with Crippen molar-refractivity contribution >= 4 is 0 Å². The maximum atomic E-state index is 12.1. The summed E-state index contributed by atoms with van der Waals surface area (Å²) in [7, 11) is 0. The van der Waals surface area contributed by atoms with Crippen LogP contribution in [0.4, 0.5) is 8.78 Å². The molecular formula is C6H11F2NO2. The monoisotopic (exact) mass is 167 g/mol. The van der Waals surface area contributed by atoms with Crippen molar-refractivity contribution in [2.45, 2.75) is 12.0 Å². The summed E-state index contributed by atoms with van der Waals surface area (Å²) >= 11 is 0. The van der Waals surface area contributed by atoms with E-state index < -0.39 is 12.0 Å². The van der Waals surface area contributed by atoms with Crippen LogP contribution >= 0.6 is 0 Å². The lowest BCUT2D eigenvalue weighted by molar-refractivity contribution is -0.124. The van der Waals surface area contributed by atoms with Gasteiger partial charge in [0.2, 0.25) is 0 Å². The van der Waals surface area contributed by atoms with E-state index in [4.69, 9.17) is 4.74 Å². The van der Waals surface area contributed by atoms with Gasteiger partial charge in [-0.15, -0.1) is 0 Å². The van der Waals surface area contributed by atoms with Crippen LogP contribution in [0.1, 0.15) is 0 Å². The van der Waals surface area contributed by atoms with E-state index in [1.165, 1.54) is 0 Å². The minimum Gasteiger partial charge on any atom is -0.380 e. The van der Waals surface area contributed by atoms with Crippen molar-refractivity contribution in [3.63, 3.8) is 0 Å². The molecule has 1 saturated heterocycles. The Bertz CT molecular complexity index is 124. The molecule has 1 atom stereocenters. The Labute approximate surface area is 63.3 Å². The van der Waals surface area contributed by atoms with E-state index in [0.29, 0.717) is 13.2 Å². The van der Waals surface area contributed by atoms with Crippen LogP contribution in [-0.2, 0) is 4.74 Å². The predicted octanol–water partition coefficient (Wildman–Crippen LogP) is -0.398. The van der Waals surface area contributed by atoms with E-state index in [2.05, 4.69) is 5.32 Å². The summed E-state index contributed by atoms with van der Waals surface area (Å²) in [6.07, 6.45) is -2.76. The number of β-amino-alcohol motifs (C(OH)–C–C–N with tert-alkyl or cyclic N) is 1. The summed E-state index contributed by atoms with van der Waals surface area (Å²) < 4.78 is 29.0. The molecule has 5 heteroatoms. The van der Waals surface area contributed by atoms with Crippen LogP contribution in [0.5, 0.6) is 0 Å². The van der Waals surface area contributed by atoms with Gasteiger partial charge in [0.1, 0.15) is 0 Å². The highest BCUT2D eigenvalue weighted by Crippen LogP contribution is 2.16. The minimum absolute atomic E-state index is 0.106. The van der Waals surface area contributed by atoms with Gasteiger partial charge in [0, 0.05) is 13.1 Å². The van der Waals surface area contributed by atoms with E-state index in [-0.39, 0.29) is 13.2 Å². The van der Waals surface area contributed by atoms with E-state index in [1.54, 1.807) is 0 Å². The number of rotatable bonds is 1. The number of ether oxygens (including phenoxy) is 1. The number of hydrogen-bond donors (Lipinski definition) is 2. The first-order valence-corrected chi connectivity index (χ1v) is 3.44. The number of hydrogen-bond acceptors (Lipinski definition) is 3. The van der Waals surface area contributed by atoms with Crippen LogP contribution in [0.25, 0.3) is 0 Å². The lowest BCUT2D eigenvalue weighted by Gasteiger charge is -2.24. The highest BCUT2D eigenvalue weighted by Gasteiger charge is 2.38. The van der Waals surface area contributed by atoms with E-state index in [0.717, 1.165) is 0 Å². The molecule has 1 fully saturated rings. The van der Waals surface area contributed by atoms with E-state index in [9.17, 15) is 13.9 Å². The molecule has 1 aliphatic rings. The second-order valence-electron chi connectivity index (χ2n) is 2.63. The van der Waals surface area contributed by atoms with E-state index in [1.807, 2.05) is 0 Å². The Balaban J connectivity index is 2.52. The minimum atomic E-state index is -2.76. The largest absolute Gasteiger partial charge is 0.380 e. The predicted molar refractivity (Wildman–Crippen MR) is 34.6 cm³/mol. The fraction of sp³-hybridized carbons (Fsp3) is 1.00. The molecule has 0 aromatic carbocycles. The quantitative estimate of drug-likeness (QED) is 0.558. The van der Waals surface area contributed by atoms with Crippen molar-refractivity contribution in [2.75, 3.05) is 26.3 Å². The van der Waals surface area contributed by atoms with Crippen molar-refractivity contribution in [3.8, 4) is 0 Å². The molecule has 1 heterocycles. The summed E-state index contributed by atoms with van der Waals surface area (Å²) in [6, 6.07) is 0. The lowest BCUT2D eigenvalue weighted by Crippen LogP contribution is -2.48. The summed E-state index contributed by atoms with van der Waals surface area (Å²) in [4.78, 5) is 0. The van der Waals surface area contributed by atoms with Crippen molar-refractivity contribution in [1.82, 2.24) is 5.32 Å². The van der Waals surface area contributed by atoms with Gasteiger partial charge in [-0.05, 0) is 0 Å². The highest BCUT2D eigenvalue weighted by molar-refractivity contribution is 4.85. The van der Waals surface area contributed by atoms with Gasteiger partial charge >= 0.3 is 0 Å². The van der Waals surface area contributed by atoms with Gasteiger partial charge in [0.15, 0.2) is 5.60 Å². The Hall–Kier alpha value is -0.260. The number of halogens is 2. The van der Waals surface area contributed by atoms with Crippen LogP contribution < -0.4 is 5.32 Å². The Morgan fingerprint density at radius 3 is 2.91 bits per heavy atom. The first-order chi connectivity index (χ1) is 5.15. The average molecular weight is 167 g/mol. The summed E-state index contributed by atoms with van der Waals surface area (Å²) in [5, 5.41) is 11.9. The molecule has 1 aliphatic heterocycles. The third-order valence-electron chi connectivity index (χ3n) is 1.61. The molecule has 0 spiro atoms.